The maximum atomic E-state index is 12.7. The summed E-state index contributed by atoms with van der Waals surface area (Å²) in [6.07, 6.45) is 2.93. The van der Waals surface area contributed by atoms with E-state index in [4.69, 9.17) is 5.73 Å². The first kappa shape index (κ1) is 15.6. The molecule has 1 saturated heterocycles. The number of carbonyl (C=O) groups is 1. The minimum absolute atomic E-state index is 0.0201. The Labute approximate surface area is 125 Å². The number of hydrogen-bond acceptors (Lipinski definition) is 3. The van der Waals surface area contributed by atoms with Gasteiger partial charge in [0.15, 0.2) is 0 Å². The minimum atomic E-state index is -0.0645. The number of aliphatic hydroxyl groups excluding tert-OH is 1. The minimum Gasteiger partial charge on any atom is -0.394 e. The second-order valence-electron chi connectivity index (χ2n) is 5.42. The molecule has 1 aliphatic heterocycles. The van der Waals surface area contributed by atoms with Crippen molar-refractivity contribution >= 4 is 5.91 Å². The Hall–Kier alpha value is -1.83. The number of benzene rings is 1. The molecule has 21 heavy (non-hydrogen) atoms. The average molecular weight is 286 g/mol. The Kier molecular flexibility index (Phi) is 5.38. The van der Waals surface area contributed by atoms with Crippen LogP contribution in [0.3, 0.4) is 0 Å². The van der Waals surface area contributed by atoms with Gasteiger partial charge in [0.05, 0.1) is 19.2 Å². The Morgan fingerprint density at radius 3 is 2.95 bits per heavy atom. The van der Waals surface area contributed by atoms with Crippen LogP contribution < -0.4 is 5.73 Å². The number of aryl methyl sites for hydroxylation is 1. The van der Waals surface area contributed by atoms with Crippen LogP contribution in [0, 0.1) is 18.8 Å². The summed E-state index contributed by atoms with van der Waals surface area (Å²) in [6, 6.07) is 5.56. The number of nitrogens with zero attached hydrogens (tertiary/aromatic N) is 1. The first-order chi connectivity index (χ1) is 10.2. The predicted octanol–water partition coefficient (Wildman–Crippen LogP) is 1.29. The molecule has 0 bridgehead atoms. The Balaban J connectivity index is 2.27. The summed E-state index contributed by atoms with van der Waals surface area (Å²) in [6.45, 7) is 2.99. The maximum Gasteiger partial charge on any atom is 0.254 e. The van der Waals surface area contributed by atoms with Crippen molar-refractivity contribution in [1.82, 2.24) is 4.90 Å². The zero-order valence-electron chi connectivity index (χ0n) is 12.4. The third-order valence-corrected chi connectivity index (χ3v) is 3.76. The summed E-state index contributed by atoms with van der Waals surface area (Å²) in [4.78, 5) is 14.5. The summed E-state index contributed by atoms with van der Waals surface area (Å²) in [5.41, 5.74) is 7.83. The molecule has 1 aromatic carbocycles. The first-order valence-corrected chi connectivity index (χ1v) is 7.38. The summed E-state index contributed by atoms with van der Waals surface area (Å²) in [7, 11) is 0. The monoisotopic (exact) mass is 286 g/mol. The fourth-order valence-electron chi connectivity index (χ4n) is 2.76. The van der Waals surface area contributed by atoms with Gasteiger partial charge in [-0.3, -0.25) is 4.79 Å². The van der Waals surface area contributed by atoms with E-state index in [-0.39, 0.29) is 18.6 Å². The SMILES string of the molecule is Cc1cc(C#CCN)cc(C(=O)N2CCCCC2CO)c1. The van der Waals surface area contributed by atoms with E-state index in [1.807, 2.05) is 19.1 Å². The number of piperidine rings is 1. The summed E-state index contributed by atoms with van der Waals surface area (Å²) >= 11 is 0. The van der Waals surface area contributed by atoms with Crippen molar-refractivity contribution in [3.05, 3.63) is 34.9 Å². The molecule has 0 aromatic heterocycles. The molecular weight excluding hydrogens is 264 g/mol. The van der Waals surface area contributed by atoms with E-state index in [1.54, 1.807) is 11.0 Å². The van der Waals surface area contributed by atoms with Gasteiger partial charge in [-0.15, -0.1) is 0 Å². The van der Waals surface area contributed by atoms with Crippen LogP contribution in [0.15, 0.2) is 18.2 Å². The lowest BCUT2D eigenvalue weighted by Gasteiger charge is -2.34. The molecule has 1 heterocycles. The molecule has 4 nitrogen and oxygen atoms in total. The van der Waals surface area contributed by atoms with Crippen LogP contribution in [0.2, 0.25) is 0 Å². The van der Waals surface area contributed by atoms with E-state index >= 15 is 0 Å². The van der Waals surface area contributed by atoms with E-state index in [9.17, 15) is 9.90 Å². The van der Waals surface area contributed by atoms with Gasteiger partial charge in [0, 0.05) is 17.7 Å². The van der Waals surface area contributed by atoms with Crippen LogP contribution in [0.5, 0.6) is 0 Å². The summed E-state index contributed by atoms with van der Waals surface area (Å²) in [5.74, 6) is 5.76. The lowest BCUT2D eigenvalue weighted by Crippen LogP contribution is -2.45. The summed E-state index contributed by atoms with van der Waals surface area (Å²) in [5, 5.41) is 9.45. The fourth-order valence-corrected chi connectivity index (χ4v) is 2.76. The van der Waals surface area contributed by atoms with E-state index in [0.29, 0.717) is 18.7 Å². The number of hydrogen-bond donors (Lipinski definition) is 2. The van der Waals surface area contributed by atoms with Crippen molar-refractivity contribution in [2.45, 2.75) is 32.2 Å². The largest absolute Gasteiger partial charge is 0.394 e. The van der Waals surface area contributed by atoms with Crippen molar-refractivity contribution in [2.24, 2.45) is 5.73 Å². The highest BCUT2D eigenvalue weighted by Crippen LogP contribution is 2.20. The van der Waals surface area contributed by atoms with Crippen LogP contribution in [-0.4, -0.2) is 41.7 Å². The number of aliphatic hydroxyl groups is 1. The molecule has 1 fully saturated rings. The molecule has 0 spiro atoms. The van der Waals surface area contributed by atoms with E-state index in [1.165, 1.54) is 0 Å². The van der Waals surface area contributed by atoms with Crippen LogP contribution >= 0.6 is 0 Å². The van der Waals surface area contributed by atoms with E-state index in [2.05, 4.69) is 11.8 Å². The Morgan fingerprint density at radius 2 is 2.24 bits per heavy atom. The van der Waals surface area contributed by atoms with Crippen LogP contribution in [0.1, 0.15) is 40.7 Å². The summed E-state index contributed by atoms with van der Waals surface area (Å²) < 4.78 is 0. The highest BCUT2D eigenvalue weighted by molar-refractivity contribution is 5.95. The van der Waals surface area contributed by atoms with Gasteiger partial charge in [0.2, 0.25) is 0 Å². The van der Waals surface area contributed by atoms with E-state index in [0.717, 1.165) is 30.4 Å². The van der Waals surface area contributed by atoms with Crippen LogP contribution in [0.25, 0.3) is 0 Å². The molecule has 1 aromatic rings. The molecule has 1 atom stereocenters. The molecule has 1 amide bonds. The molecule has 1 unspecified atom stereocenters. The van der Waals surface area contributed by atoms with Crippen LogP contribution in [0.4, 0.5) is 0 Å². The lowest BCUT2D eigenvalue weighted by molar-refractivity contribution is 0.0503. The van der Waals surface area contributed by atoms with Gasteiger partial charge in [-0.1, -0.05) is 11.8 Å². The van der Waals surface area contributed by atoms with Gasteiger partial charge in [0.25, 0.3) is 5.91 Å². The zero-order chi connectivity index (χ0) is 15.2. The van der Waals surface area contributed by atoms with Crippen molar-refractivity contribution in [2.75, 3.05) is 19.7 Å². The van der Waals surface area contributed by atoms with Crippen molar-refractivity contribution in [3.63, 3.8) is 0 Å². The maximum absolute atomic E-state index is 12.7. The molecule has 4 heteroatoms. The molecule has 3 N–H and O–H groups in total. The van der Waals surface area contributed by atoms with E-state index < -0.39 is 0 Å². The smallest absolute Gasteiger partial charge is 0.254 e. The van der Waals surface area contributed by atoms with Crippen molar-refractivity contribution < 1.29 is 9.90 Å². The van der Waals surface area contributed by atoms with Gasteiger partial charge >= 0.3 is 0 Å². The Morgan fingerprint density at radius 1 is 1.43 bits per heavy atom. The molecule has 0 radical (unpaired) electrons. The third kappa shape index (κ3) is 3.84. The molecule has 112 valence electrons. The van der Waals surface area contributed by atoms with Crippen molar-refractivity contribution in [1.29, 1.82) is 0 Å². The predicted molar refractivity (Wildman–Crippen MR) is 82.9 cm³/mol. The molecular formula is C17H22N2O2. The van der Waals surface area contributed by atoms with Gasteiger partial charge in [-0.2, -0.15) is 0 Å². The zero-order valence-corrected chi connectivity index (χ0v) is 12.4. The molecule has 1 aliphatic rings. The molecule has 0 saturated carbocycles. The number of carbonyl (C=O) groups excluding carboxylic acids is 1. The topological polar surface area (TPSA) is 66.6 Å². The van der Waals surface area contributed by atoms with Gasteiger partial charge < -0.3 is 15.7 Å². The fraction of sp³-hybridized carbons (Fsp3) is 0.471. The van der Waals surface area contributed by atoms with Gasteiger partial charge in [-0.25, -0.2) is 0 Å². The second-order valence-corrected chi connectivity index (χ2v) is 5.42. The number of amides is 1. The third-order valence-electron chi connectivity index (χ3n) is 3.76. The van der Waals surface area contributed by atoms with Crippen LogP contribution in [-0.2, 0) is 0 Å². The average Bonchev–Trinajstić information content (AvgIpc) is 2.51. The molecule has 2 rings (SSSR count). The van der Waals surface area contributed by atoms with Gasteiger partial charge in [0.1, 0.15) is 0 Å². The molecule has 0 aliphatic carbocycles. The van der Waals surface area contributed by atoms with Gasteiger partial charge in [-0.05, 0) is 49.9 Å². The Bertz CT molecular complexity index is 572. The highest BCUT2D eigenvalue weighted by Gasteiger charge is 2.27. The quantitative estimate of drug-likeness (QED) is 0.805. The highest BCUT2D eigenvalue weighted by atomic mass is 16.3. The first-order valence-electron chi connectivity index (χ1n) is 7.38. The number of rotatable bonds is 2. The van der Waals surface area contributed by atoms with Crippen molar-refractivity contribution in [3.8, 4) is 11.8 Å². The number of likely N-dealkylation sites (tertiary alicyclic amines) is 1. The second kappa shape index (κ2) is 7.26. The normalized spacial score (nSPS) is 18.0. The standard InChI is InChI=1S/C17H22N2O2/c1-13-9-14(5-4-7-18)11-15(10-13)17(21)19-8-3-2-6-16(19)12-20/h9-11,16,20H,2-3,6-8,12,18H2,1H3. The number of nitrogens with two attached hydrogens (primary N) is 1. The lowest BCUT2D eigenvalue weighted by atomic mass is 10.00.